The van der Waals surface area contributed by atoms with Crippen LogP contribution in [0.3, 0.4) is 0 Å². The van der Waals surface area contributed by atoms with E-state index < -0.39 is 0 Å². The molecule has 2 saturated heterocycles. The van der Waals surface area contributed by atoms with E-state index in [1.165, 1.54) is 5.56 Å². The minimum atomic E-state index is 0.364. The van der Waals surface area contributed by atoms with E-state index in [0.717, 1.165) is 45.9 Å². The lowest BCUT2D eigenvalue weighted by molar-refractivity contribution is -0.0387. The Labute approximate surface area is 121 Å². The maximum Gasteiger partial charge on any atom is 0.0829 e. The number of nitrogens with one attached hydrogen (secondary N) is 1. The topological polar surface area (TPSA) is 27.7 Å². The molecule has 4 nitrogen and oxygen atoms in total. The third-order valence-electron chi connectivity index (χ3n) is 4.27. The molecule has 0 amide bonds. The Balaban J connectivity index is 1.55. The molecule has 2 atom stereocenters. The number of ether oxygens (including phenoxy) is 1. The monoisotopic (exact) mass is 275 g/mol. The van der Waals surface area contributed by atoms with Gasteiger partial charge in [-0.25, -0.2) is 0 Å². The highest BCUT2D eigenvalue weighted by Gasteiger charge is 2.25. The van der Waals surface area contributed by atoms with Crippen LogP contribution in [0.25, 0.3) is 0 Å². The molecule has 4 heteroatoms. The van der Waals surface area contributed by atoms with Gasteiger partial charge in [-0.05, 0) is 12.6 Å². The largest absolute Gasteiger partial charge is 0.374 e. The van der Waals surface area contributed by atoms with Crippen molar-refractivity contribution in [3.8, 4) is 0 Å². The van der Waals surface area contributed by atoms with Gasteiger partial charge in [0.2, 0.25) is 0 Å². The van der Waals surface area contributed by atoms with E-state index in [-0.39, 0.29) is 0 Å². The van der Waals surface area contributed by atoms with Gasteiger partial charge in [-0.3, -0.25) is 4.90 Å². The summed E-state index contributed by atoms with van der Waals surface area (Å²) in [6.07, 6.45) is 0.364. The van der Waals surface area contributed by atoms with Gasteiger partial charge in [-0.2, -0.15) is 0 Å². The number of piperazine rings is 1. The van der Waals surface area contributed by atoms with E-state index >= 15 is 0 Å². The summed E-state index contributed by atoms with van der Waals surface area (Å²) in [7, 11) is 2.18. The van der Waals surface area contributed by atoms with Crippen LogP contribution in [-0.2, 0) is 4.74 Å². The summed E-state index contributed by atoms with van der Waals surface area (Å²) in [5.41, 5.74) is 1.39. The van der Waals surface area contributed by atoms with Gasteiger partial charge in [-0.15, -0.1) is 0 Å². The van der Waals surface area contributed by atoms with Crippen molar-refractivity contribution >= 4 is 0 Å². The lowest BCUT2D eigenvalue weighted by Gasteiger charge is -2.38. The molecule has 0 saturated carbocycles. The molecule has 2 aliphatic rings. The summed E-state index contributed by atoms with van der Waals surface area (Å²) in [4.78, 5) is 4.91. The SMILES string of the molecule is CN1CCOC(CN2CCNC(c3ccccc3)C2)C1. The van der Waals surface area contributed by atoms with E-state index in [2.05, 4.69) is 52.5 Å². The molecule has 0 radical (unpaired) electrons. The minimum Gasteiger partial charge on any atom is -0.374 e. The second kappa shape index (κ2) is 6.68. The fourth-order valence-electron chi connectivity index (χ4n) is 3.15. The molecule has 2 heterocycles. The zero-order chi connectivity index (χ0) is 13.8. The van der Waals surface area contributed by atoms with Crippen LogP contribution in [0.5, 0.6) is 0 Å². The zero-order valence-electron chi connectivity index (χ0n) is 12.3. The molecular formula is C16H25N3O. The molecule has 2 fully saturated rings. The van der Waals surface area contributed by atoms with Gasteiger partial charge in [0.15, 0.2) is 0 Å². The van der Waals surface area contributed by atoms with Crippen LogP contribution < -0.4 is 5.32 Å². The van der Waals surface area contributed by atoms with Crippen molar-refractivity contribution in [2.24, 2.45) is 0 Å². The van der Waals surface area contributed by atoms with E-state index in [4.69, 9.17) is 4.74 Å². The quantitative estimate of drug-likeness (QED) is 0.889. The molecule has 2 aliphatic heterocycles. The van der Waals surface area contributed by atoms with Gasteiger partial charge in [0.25, 0.3) is 0 Å². The van der Waals surface area contributed by atoms with Crippen molar-refractivity contribution in [1.82, 2.24) is 15.1 Å². The Hall–Kier alpha value is -0.940. The van der Waals surface area contributed by atoms with E-state index in [0.29, 0.717) is 12.1 Å². The van der Waals surface area contributed by atoms with Crippen molar-refractivity contribution in [2.75, 3.05) is 52.9 Å². The first-order valence-electron chi connectivity index (χ1n) is 7.62. The summed E-state index contributed by atoms with van der Waals surface area (Å²) in [6, 6.07) is 11.2. The smallest absolute Gasteiger partial charge is 0.0829 e. The first-order chi connectivity index (χ1) is 9.81. The average Bonchev–Trinajstić information content (AvgIpc) is 2.48. The molecule has 0 spiro atoms. The second-order valence-electron chi connectivity index (χ2n) is 5.93. The van der Waals surface area contributed by atoms with Crippen molar-refractivity contribution in [3.63, 3.8) is 0 Å². The van der Waals surface area contributed by atoms with E-state index in [9.17, 15) is 0 Å². The van der Waals surface area contributed by atoms with Gasteiger partial charge in [0.1, 0.15) is 0 Å². The number of rotatable bonds is 3. The van der Waals surface area contributed by atoms with E-state index in [1.807, 2.05) is 0 Å². The standard InChI is InChI=1S/C16H25N3O/c1-18-9-10-20-15(11-18)12-19-8-7-17-16(13-19)14-5-3-2-4-6-14/h2-6,15-17H,7-13H2,1H3. The van der Waals surface area contributed by atoms with Gasteiger partial charge in [-0.1, -0.05) is 30.3 Å². The maximum atomic E-state index is 5.89. The van der Waals surface area contributed by atoms with Crippen LogP contribution in [0, 0.1) is 0 Å². The number of hydrogen-bond acceptors (Lipinski definition) is 4. The predicted molar refractivity (Wildman–Crippen MR) is 80.9 cm³/mol. The molecule has 1 aromatic carbocycles. The lowest BCUT2D eigenvalue weighted by Crippen LogP contribution is -2.51. The van der Waals surface area contributed by atoms with Crippen molar-refractivity contribution in [2.45, 2.75) is 12.1 Å². The Morgan fingerprint density at radius 2 is 2.05 bits per heavy atom. The summed E-state index contributed by atoms with van der Waals surface area (Å²) in [5.74, 6) is 0. The van der Waals surface area contributed by atoms with Gasteiger partial charge >= 0.3 is 0 Å². The summed E-state index contributed by atoms with van der Waals surface area (Å²) in [6.45, 7) is 7.29. The van der Waals surface area contributed by atoms with Crippen LogP contribution in [0.4, 0.5) is 0 Å². The number of morpholine rings is 1. The Morgan fingerprint density at radius 1 is 1.20 bits per heavy atom. The lowest BCUT2D eigenvalue weighted by atomic mass is 10.0. The van der Waals surface area contributed by atoms with Crippen molar-refractivity contribution in [1.29, 1.82) is 0 Å². The van der Waals surface area contributed by atoms with Crippen LogP contribution >= 0.6 is 0 Å². The number of nitrogens with zero attached hydrogens (tertiary/aromatic N) is 2. The molecule has 1 aromatic rings. The summed E-state index contributed by atoms with van der Waals surface area (Å²) >= 11 is 0. The van der Waals surface area contributed by atoms with Gasteiger partial charge in [0, 0.05) is 45.3 Å². The maximum absolute atomic E-state index is 5.89. The molecule has 1 N–H and O–H groups in total. The molecule has 0 aliphatic carbocycles. The fraction of sp³-hybridized carbons (Fsp3) is 0.625. The Morgan fingerprint density at radius 3 is 2.85 bits per heavy atom. The molecule has 0 aromatic heterocycles. The third kappa shape index (κ3) is 3.58. The number of likely N-dealkylation sites (N-methyl/N-ethyl adjacent to an activating group) is 1. The number of hydrogen-bond donors (Lipinski definition) is 1. The normalized spacial score (nSPS) is 29.4. The van der Waals surface area contributed by atoms with Crippen molar-refractivity contribution < 1.29 is 4.74 Å². The summed E-state index contributed by atoms with van der Waals surface area (Å²) in [5, 5.41) is 3.62. The first kappa shape index (κ1) is 14.0. The highest BCUT2D eigenvalue weighted by Crippen LogP contribution is 2.17. The minimum absolute atomic E-state index is 0.364. The van der Waals surface area contributed by atoms with Gasteiger partial charge in [0.05, 0.1) is 12.7 Å². The highest BCUT2D eigenvalue weighted by atomic mass is 16.5. The van der Waals surface area contributed by atoms with E-state index in [1.54, 1.807) is 0 Å². The van der Waals surface area contributed by atoms with Crippen LogP contribution in [0.1, 0.15) is 11.6 Å². The Kier molecular flexibility index (Phi) is 4.68. The zero-order valence-corrected chi connectivity index (χ0v) is 12.3. The molecule has 0 bridgehead atoms. The Bertz CT molecular complexity index is 411. The summed E-state index contributed by atoms with van der Waals surface area (Å²) < 4.78 is 5.89. The number of benzene rings is 1. The van der Waals surface area contributed by atoms with Crippen molar-refractivity contribution in [3.05, 3.63) is 35.9 Å². The molecular weight excluding hydrogens is 250 g/mol. The molecule has 3 rings (SSSR count). The molecule has 2 unspecified atom stereocenters. The van der Waals surface area contributed by atoms with Crippen LogP contribution in [-0.4, -0.2) is 68.8 Å². The second-order valence-corrected chi connectivity index (χ2v) is 5.93. The van der Waals surface area contributed by atoms with Crippen LogP contribution in [0.15, 0.2) is 30.3 Å². The fourth-order valence-corrected chi connectivity index (χ4v) is 3.15. The molecule has 20 heavy (non-hydrogen) atoms. The van der Waals surface area contributed by atoms with Gasteiger partial charge < -0.3 is 15.0 Å². The third-order valence-corrected chi connectivity index (χ3v) is 4.27. The highest BCUT2D eigenvalue weighted by molar-refractivity contribution is 5.19. The predicted octanol–water partition coefficient (Wildman–Crippen LogP) is 0.964. The average molecular weight is 275 g/mol. The molecule has 110 valence electrons. The van der Waals surface area contributed by atoms with Crippen LogP contribution in [0.2, 0.25) is 0 Å². The first-order valence-corrected chi connectivity index (χ1v) is 7.62.